The van der Waals surface area contributed by atoms with Crippen LogP contribution in [0.2, 0.25) is 0 Å². The van der Waals surface area contributed by atoms with E-state index in [0.717, 1.165) is 5.56 Å². The standard InChI is InChI=1S/C33H46F2N4O4/c1-32(2,3)42-30(40)38-15-16-39(31(41)43-33(4,5)6)27(21-38)29(35)24-14-10-11-22(17-24)18-25-19-36-20-26(37-25)28(34)23-12-8-7-9-13-23/h7-14,17,25-29,36-37H,15-16,18-21H2,1-6H3/t25?,26-,27-,28?,29+/m1/s1. The van der Waals surface area contributed by atoms with E-state index >= 15 is 8.78 Å². The van der Waals surface area contributed by atoms with E-state index in [4.69, 9.17) is 9.47 Å². The van der Waals surface area contributed by atoms with Gasteiger partial charge < -0.3 is 25.0 Å². The van der Waals surface area contributed by atoms with Crippen LogP contribution in [-0.2, 0) is 15.9 Å². The summed E-state index contributed by atoms with van der Waals surface area (Å²) >= 11 is 0. The molecule has 2 aliphatic heterocycles. The van der Waals surface area contributed by atoms with Gasteiger partial charge in [0.1, 0.15) is 23.5 Å². The van der Waals surface area contributed by atoms with Gasteiger partial charge in [0.25, 0.3) is 0 Å². The van der Waals surface area contributed by atoms with Crippen molar-refractivity contribution in [2.45, 2.75) is 89.6 Å². The molecule has 2 unspecified atom stereocenters. The van der Waals surface area contributed by atoms with Gasteiger partial charge in [0.15, 0.2) is 0 Å². The highest BCUT2D eigenvalue weighted by Gasteiger charge is 2.41. The maximum absolute atomic E-state index is 16.4. The van der Waals surface area contributed by atoms with E-state index in [9.17, 15) is 9.59 Å². The first-order valence-corrected chi connectivity index (χ1v) is 15.1. The van der Waals surface area contributed by atoms with Gasteiger partial charge in [0.05, 0.1) is 12.1 Å². The minimum absolute atomic E-state index is 0.0350. The van der Waals surface area contributed by atoms with Crippen LogP contribution in [-0.4, -0.2) is 84.0 Å². The summed E-state index contributed by atoms with van der Waals surface area (Å²) in [6.07, 6.45) is -3.35. The summed E-state index contributed by atoms with van der Waals surface area (Å²) in [4.78, 5) is 28.8. The third-order valence-electron chi connectivity index (χ3n) is 7.46. The van der Waals surface area contributed by atoms with Crippen LogP contribution < -0.4 is 10.6 Å². The fourth-order valence-electron chi connectivity index (χ4n) is 5.52. The molecule has 2 amide bonds. The molecule has 2 fully saturated rings. The van der Waals surface area contributed by atoms with Crippen LogP contribution in [0.4, 0.5) is 18.4 Å². The van der Waals surface area contributed by atoms with Crippen molar-refractivity contribution >= 4 is 12.2 Å². The van der Waals surface area contributed by atoms with Crippen LogP contribution >= 0.6 is 0 Å². The van der Waals surface area contributed by atoms with Crippen LogP contribution in [0.1, 0.15) is 70.6 Å². The number of halogens is 2. The van der Waals surface area contributed by atoms with Gasteiger partial charge in [-0.25, -0.2) is 18.4 Å². The first-order valence-electron chi connectivity index (χ1n) is 15.1. The second kappa shape index (κ2) is 13.6. The molecule has 5 atom stereocenters. The zero-order chi connectivity index (χ0) is 31.4. The number of nitrogens with one attached hydrogen (secondary N) is 2. The number of hydrogen-bond acceptors (Lipinski definition) is 6. The summed E-state index contributed by atoms with van der Waals surface area (Å²) in [6, 6.07) is 14.9. The van der Waals surface area contributed by atoms with Crippen molar-refractivity contribution in [2.24, 2.45) is 0 Å². The van der Waals surface area contributed by atoms with E-state index in [1.807, 2.05) is 24.3 Å². The minimum atomic E-state index is -1.59. The molecule has 0 saturated carbocycles. The molecule has 43 heavy (non-hydrogen) atoms. The molecule has 0 radical (unpaired) electrons. The summed E-state index contributed by atoms with van der Waals surface area (Å²) in [5.41, 5.74) is 0.456. The molecule has 8 nitrogen and oxygen atoms in total. The summed E-state index contributed by atoms with van der Waals surface area (Å²) in [6.45, 7) is 12.1. The third kappa shape index (κ3) is 9.13. The van der Waals surface area contributed by atoms with Crippen molar-refractivity contribution in [3.8, 4) is 0 Å². The summed E-state index contributed by atoms with van der Waals surface area (Å²) in [7, 11) is 0. The first kappa shape index (κ1) is 32.7. The number of alkyl halides is 2. The van der Waals surface area contributed by atoms with Crippen molar-refractivity contribution in [3.63, 3.8) is 0 Å². The average molecular weight is 601 g/mol. The number of benzene rings is 2. The van der Waals surface area contributed by atoms with Gasteiger partial charge in [-0.1, -0.05) is 54.6 Å². The lowest BCUT2D eigenvalue weighted by Crippen LogP contribution is -2.59. The number of ether oxygens (including phenoxy) is 2. The lowest BCUT2D eigenvalue weighted by atomic mass is 9.95. The summed E-state index contributed by atoms with van der Waals surface area (Å²) in [5, 5.41) is 6.76. The number of carbonyl (C=O) groups is 2. The molecular weight excluding hydrogens is 554 g/mol. The molecule has 2 aliphatic rings. The highest BCUT2D eigenvalue weighted by molar-refractivity contribution is 5.71. The first-order chi connectivity index (χ1) is 20.2. The average Bonchev–Trinajstić information content (AvgIpc) is 2.95. The van der Waals surface area contributed by atoms with Gasteiger partial charge in [0.2, 0.25) is 0 Å². The van der Waals surface area contributed by atoms with Gasteiger partial charge in [-0.05, 0) is 64.7 Å². The largest absolute Gasteiger partial charge is 0.444 e. The topological polar surface area (TPSA) is 83.1 Å². The molecule has 2 N–H and O–H groups in total. The minimum Gasteiger partial charge on any atom is -0.444 e. The van der Waals surface area contributed by atoms with E-state index in [1.165, 1.54) is 9.80 Å². The number of piperazine rings is 2. The fraction of sp³-hybridized carbons (Fsp3) is 0.576. The van der Waals surface area contributed by atoms with Gasteiger partial charge in [-0.3, -0.25) is 4.90 Å². The van der Waals surface area contributed by atoms with Gasteiger partial charge in [0, 0.05) is 38.8 Å². The Kier molecular flexibility index (Phi) is 10.3. The van der Waals surface area contributed by atoms with Crippen LogP contribution in [0.25, 0.3) is 0 Å². The number of hydrogen-bond donors (Lipinski definition) is 2. The highest BCUT2D eigenvalue weighted by Crippen LogP contribution is 2.31. The summed E-state index contributed by atoms with van der Waals surface area (Å²) in [5.74, 6) is 0. The molecule has 2 saturated heterocycles. The van der Waals surface area contributed by atoms with E-state index in [1.54, 1.807) is 71.9 Å². The van der Waals surface area contributed by atoms with Gasteiger partial charge >= 0.3 is 12.2 Å². The van der Waals surface area contributed by atoms with Crippen molar-refractivity contribution in [2.75, 3.05) is 32.7 Å². The summed E-state index contributed by atoms with van der Waals surface area (Å²) < 4.78 is 42.8. The van der Waals surface area contributed by atoms with Crippen LogP contribution in [0, 0.1) is 0 Å². The lowest BCUT2D eigenvalue weighted by molar-refractivity contribution is -0.0277. The molecule has 0 aliphatic carbocycles. The fourth-order valence-corrected chi connectivity index (χ4v) is 5.52. The van der Waals surface area contributed by atoms with Crippen molar-refractivity contribution < 1.29 is 27.8 Å². The van der Waals surface area contributed by atoms with E-state index < -0.39 is 41.8 Å². The molecule has 2 heterocycles. The van der Waals surface area contributed by atoms with Crippen molar-refractivity contribution in [1.82, 2.24) is 20.4 Å². The Labute approximate surface area is 254 Å². The Morgan fingerprint density at radius 1 is 0.860 bits per heavy atom. The molecule has 10 heteroatoms. The second-order valence-electron chi connectivity index (χ2n) is 13.5. The molecule has 0 bridgehead atoms. The predicted octanol–water partition coefficient (Wildman–Crippen LogP) is 5.74. The smallest absolute Gasteiger partial charge is 0.410 e. The molecule has 2 aromatic rings. The second-order valence-corrected chi connectivity index (χ2v) is 13.5. The van der Waals surface area contributed by atoms with Gasteiger partial charge in [-0.2, -0.15) is 0 Å². The monoisotopic (exact) mass is 600 g/mol. The van der Waals surface area contributed by atoms with Gasteiger partial charge in [-0.15, -0.1) is 0 Å². The molecule has 4 rings (SSSR count). The maximum Gasteiger partial charge on any atom is 0.410 e. The molecule has 0 spiro atoms. The Balaban J connectivity index is 1.49. The molecular formula is C33H46F2N4O4. The van der Waals surface area contributed by atoms with Crippen LogP contribution in [0.5, 0.6) is 0 Å². The third-order valence-corrected chi connectivity index (χ3v) is 7.46. The van der Waals surface area contributed by atoms with E-state index in [0.29, 0.717) is 30.6 Å². The maximum atomic E-state index is 16.4. The Hall–Kier alpha value is -3.24. The Bertz CT molecular complexity index is 1230. The SMILES string of the molecule is CC(C)(C)OC(=O)N1CCN(C(=O)OC(C)(C)C)[C@@H]([C@@H](F)c2cccc(CC3CNC[C@H](C(F)c4ccccc4)N3)c2)C1. The molecule has 0 aromatic heterocycles. The lowest BCUT2D eigenvalue weighted by Gasteiger charge is -2.43. The predicted molar refractivity (Wildman–Crippen MR) is 162 cm³/mol. The molecule has 2 aromatic carbocycles. The highest BCUT2D eigenvalue weighted by atomic mass is 19.1. The van der Waals surface area contributed by atoms with Crippen LogP contribution in [0.15, 0.2) is 54.6 Å². The Morgan fingerprint density at radius 3 is 2.19 bits per heavy atom. The van der Waals surface area contributed by atoms with Crippen molar-refractivity contribution in [3.05, 3.63) is 71.3 Å². The zero-order valence-electron chi connectivity index (χ0n) is 26.1. The van der Waals surface area contributed by atoms with E-state index in [-0.39, 0.29) is 31.7 Å². The van der Waals surface area contributed by atoms with E-state index in [2.05, 4.69) is 10.6 Å². The quantitative estimate of drug-likeness (QED) is 0.440. The van der Waals surface area contributed by atoms with Crippen LogP contribution in [0.3, 0.4) is 0 Å². The number of rotatable bonds is 6. The number of nitrogens with zero attached hydrogens (tertiary/aromatic N) is 2. The number of carbonyl (C=O) groups excluding carboxylic acids is 2. The zero-order valence-corrected chi connectivity index (χ0v) is 26.1. The molecule has 236 valence electrons. The Morgan fingerprint density at radius 2 is 1.51 bits per heavy atom. The normalized spacial score (nSPS) is 22.9. The van der Waals surface area contributed by atoms with Crippen molar-refractivity contribution in [1.29, 1.82) is 0 Å². The number of amides is 2.